The zero-order valence-electron chi connectivity index (χ0n) is 10.8. The van der Waals surface area contributed by atoms with Gasteiger partial charge in [0.2, 0.25) is 0 Å². The lowest BCUT2D eigenvalue weighted by Crippen LogP contribution is -2.33. The van der Waals surface area contributed by atoms with Crippen LogP contribution in [-0.4, -0.2) is 34.2 Å². The van der Waals surface area contributed by atoms with Crippen LogP contribution in [0.15, 0.2) is 18.2 Å². The van der Waals surface area contributed by atoms with Gasteiger partial charge in [0.15, 0.2) is 0 Å². The van der Waals surface area contributed by atoms with E-state index in [0.29, 0.717) is 23.4 Å². The van der Waals surface area contributed by atoms with Crippen molar-refractivity contribution in [3.63, 3.8) is 0 Å². The van der Waals surface area contributed by atoms with E-state index in [4.69, 9.17) is 5.26 Å². The van der Waals surface area contributed by atoms with E-state index in [0.717, 1.165) is 0 Å². The van der Waals surface area contributed by atoms with Gasteiger partial charge in [0, 0.05) is 35.4 Å². The van der Waals surface area contributed by atoms with Gasteiger partial charge in [0.1, 0.15) is 5.82 Å². The summed E-state index contributed by atoms with van der Waals surface area (Å²) in [4.78, 5) is 1.97. The summed E-state index contributed by atoms with van der Waals surface area (Å²) in [5.41, 5.74) is 1.14. The predicted molar refractivity (Wildman–Crippen MR) is 71.0 cm³/mol. The topological polar surface area (TPSA) is 44.1 Å². The van der Waals surface area contributed by atoms with E-state index >= 15 is 0 Å². The van der Waals surface area contributed by atoms with Gasteiger partial charge in [0.25, 0.3) is 0 Å². The minimum absolute atomic E-state index is 0.116. The lowest BCUT2D eigenvalue weighted by Gasteiger charge is -2.24. The van der Waals surface area contributed by atoms with E-state index in [9.17, 15) is 8.60 Å². The van der Waals surface area contributed by atoms with Crippen molar-refractivity contribution in [2.24, 2.45) is 0 Å². The fraction of sp³-hybridized carbons (Fsp3) is 0.462. The number of hydrogen-bond acceptors (Lipinski definition) is 3. The minimum Gasteiger partial charge on any atom is -0.298 e. The van der Waals surface area contributed by atoms with E-state index in [1.165, 1.54) is 18.2 Å². The van der Waals surface area contributed by atoms with Crippen LogP contribution < -0.4 is 0 Å². The Labute approximate surface area is 110 Å². The molecule has 0 aromatic heterocycles. The second-order valence-corrected chi connectivity index (χ2v) is 5.90. The number of nitrogens with zero attached hydrogens (tertiary/aromatic N) is 2. The van der Waals surface area contributed by atoms with Crippen LogP contribution in [0.25, 0.3) is 0 Å². The van der Waals surface area contributed by atoms with E-state index in [-0.39, 0.29) is 11.9 Å². The fourth-order valence-electron chi connectivity index (χ4n) is 1.69. The maximum atomic E-state index is 13.2. The van der Waals surface area contributed by atoms with Crippen molar-refractivity contribution in [3.8, 4) is 6.07 Å². The maximum absolute atomic E-state index is 13.2. The predicted octanol–water partition coefficient (Wildman–Crippen LogP) is 1.90. The molecule has 3 nitrogen and oxygen atoms in total. The van der Waals surface area contributed by atoms with E-state index < -0.39 is 10.8 Å². The average molecular weight is 268 g/mol. The number of halogens is 1. The van der Waals surface area contributed by atoms with Crippen molar-refractivity contribution in [2.45, 2.75) is 19.5 Å². The molecule has 1 aromatic carbocycles. The molecule has 0 aliphatic carbocycles. The van der Waals surface area contributed by atoms with Crippen molar-refractivity contribution >= 4 is 10.8 Å². The van der Waals surface area contributed by atoms with Gasteiger partial charge in [-0.25, -0.2) is 4.39 Å². The van der Waals surface area contributed by atoms with Gasteiger partial charge in [-0.2, -0.15) is 5.26 Å². The van der Waals surface area contributed by atoms with Crippen molar-refractivity contribution in [1.82, 2.24) is 4.90 Å². The number of benzene rings is 1. The molecular weight excluding hydrogens is 251 g/mol. The molecule has 1 aromatic rings. The van der Waals surface area contributed by atoms with Crippen LogP contribution in [0, 0.1) is 17.1 Å². The summed E-state index contributed by atoms with van der Waals surface area (Å²) in [5.74, 6) is 0.220. The Morgan fingerprint density at radius 3 is 2.78 bits per heavy atom. The molecule has 0 spiro atoms. The Morgan fingerprint density at radius 2 is 2.22 bits per heavy atom. The minimum atomic E-state index is -0.867. The summed E-state index contributed by atoms with van der Waals surface area (Å²) in [6.45, 7) is 2.44. The van der Waals surface area contributed by atoms with Crippen molar-refractivity contribution in [1.29, 1.82) is 5.26 Å². The zero-order chi connectivity index (χ0) is 13.7. The molecule has 0 bridgehead atoms. The summed E-state index contributed by atoms with van der Waals surface area (Å²) < 4.78 is 24.3. The lowest BCUT2D eigenvalue weighted by molar-refractivity contribution is 0.268. The highest BCUT2D eigenvalue weighted by Gasteiger charge is 2.13. The molecule has 0 heterocycles. The van der Waals surface area contributed by atoms with Gasteiger partial charge in [-0.3, -0.25) is 9.11 Å². The van der Waals surface area contributed by atoms with Gasteiger partial charge in [-0.15, -0.1) is 0 Å². The molecular formula is C13H17FN2OS. The molecule has 1 rings (SSSR count). The van der Waals surface area contributed by atoms with Crippen molar-refractivity contribution in [3.05, 3.63) is 35.1 Å². The van der Waals surface area contributed by atoms with Crippen LogP contribution in [0.2, 0.25) is 0 Å². The summed E-state index contributed by atoms with van der Waals surface area (Å²) in [6, 6.07) is 6.32. The normalized spacial score (nSPS) is 14.2. The van der Waals surface area contributed by atoms with E-state index in [1.807, 2.05) is 18.9 Å². The maximum Gasteiger partial charge on any atom is 0.123 e. The molecule has 0 saturated carbocycles. The van der Waals surface area contributed by atoms with Crippen LogP contribution in [0.5, 0.6) is 0 Å². The number of rotatable bonds is 5. The summed E-state index contributed by atoms with van der Waals surface area (Å²) in [6.07, 6.45) is 1.66. The van der Waals surface area contributed by atoms with E-state index in [1.54, 1.807) is 6.26 Å². The number of hydrogen-bond donors (Lipinski definition) is 0. The highest BCUT2D eigenvalue weighted by Crippen LogP contribution is 2.14. The summed E-state index contributed by atoms with van der Waals surface area (Å²) >= 11 is 0. The van der Waals surface area contributed by atoms with Gasteiger partial charge >= 0.3 is 0 Å². The van der Waals surface area contributed by atoms with Gasteiger partial charge in [-0.05, 0) is 37.7 Å². The Balaban J connectivity index is 2.81. The van der Waals surface area contributed by atoms with Crippen molar-refractivity contribution in [2.75, 3.05) is 19.1 Å². The Morgan fingerprint density at radius 1 is 1.56 bits per heavy atom. The standard InChI is InChI=1S/C13H17FN2OS/c1-10(9-18(3)17)16(2)8-12-6-13(14)5-4-11(12)7-15/h4-6,10H,8-9H2,1-3H3/t10-,18+/m1/s1. The van der Waals surface area contributed by atoms with Crippen molar-refractivity contribution < 1.29 is 8.60 Å². The first-order chi connectivity index (χ1) is 8.43. The smallest absolute Gasteiger partial charge is 0.123 e. The third kappa shape index (κ3) is 4.21. The first-order valence-electron chi connectivity index (χ1n) is 5.63. The Kier molecular flexibility index (Phi) is 5.45. The monoisotopic (exact) mass is 268 g/mol. The van der Waals surface area contributed by atoms with Crippen LogP contribution in [0.1, 0.15) is 18.1 Å². The highest BCUT2D eigenvalue weighted by atomic mass is 32.2. The van der Waals surface area contributed by atoms with Crippen LogP contribution >= 0.6 is 0 Å². The highest BCUT2D eigenvalue weighted by molar-refractivity contribution is 7.84. The largest absolute Gasteiger partial charge is 0.298 e. The molecule has 98 valence electrons. The van der Waals surface area contributed by atoms with Crippen LogP contribution in [-0.2, 0) is 17.3 Å². The molecule has 0 unspecified atom stereocenters. The third-order valence-electron chi connectivity index (χ3n) is 2.84. The van der Waals surface area contributed by atoms with Crippen LogP contribution in [0.3, 0.4) is 0 Å². The molecule has 0 N–H and O–H groups in total. The third-order valence-corrected chi connectivity index (χ3v) is 3.79. The first kappa shape index (κ1) is 14.8. The molecule has 0 aliphatic rings. The van der Waals surface area contributed by atoms with Gasteiger partial charge in [-0.1, -0.05) is 0 Å². The Bertz CT molecular complexity index is 484. The number of nitriles is 1. The summed E-state index contributed by atoms with van der Waals surface area (Å²) in [5, 5.41) is 8.97. The molecule has 0 fully saturated rings. The molecule has 0 amide bonds. The second kappa shape index (κ2) is 6.62. The average Bonchev–Trinajstić information content (AvgIpc) is 2.28. The van der Waals surface area contributed by atoms with Crippen LogP contribution in [0.4, 0.5) is 4.39 Å². The molecule has 0 saturated heterocycles. The lowest BCUT2D eigenvalue weighted by atomic mass is 10.1. The van der Waals surface area contributed by atoms with Gasteiger partial charge < -0.3 is 0 Å². The van der Waals surface area contributed by atoms with Gasteiger partial charge in [0.05, 0.1) is 11.6 Å². The molecule has 0 radical (unpaired) electrons. The van der Waals surface area contributed by atoms with E-state index in [2.05, 4.69) is 6.07 Å². The summed E-state index contributed by atoms with van der Waals surface area (Å²) in [7, 11) is 1.01. The SMILES string of the molecule is C[C@H](C[S@](C)=O)N(C)Cc1cc(F)ccc1C#N. The Hall–Kier alpha value is -1.25. The fourth-order valence-corrected chi connectivity index (χ4v) is 2.63. The molecule has 2 atom stereocenters. The molecule has 0 aliphatic heterocycles. The molecule has 5 heteroatoms. The quantitative estimate of drug-likeness (QED) is 0.819. The first-order valence-corrected chi connectivity index (χ1v) is 7.35. The zero-order valence-corrected chi connectivity index (χ0v) is 11.6. The second-order valence-electron chi connectivity index (χ2n) is 4.42. The molecule has 18 heavy (non-hydrogen) atoms.